The first kappa shape index (κ1) is 50.4. The molecule has 1 aliphatic rings. The van der Waals surface area contributed by atoms with Gasteiger partial charge < -0.3 is 40.3 Å². The van der Waals surface area contributed by atoms with Crippen molar-refractivity contribution in [3.63, 3.8) is 0 Å². The Morgan fingerprint density at radius 3 is 1.56 bits per heavy atom. The summed E-state index contributed by atoms with van der Waals surface area (Å²) >= 11 is 0. The van der Waals surface area contributed by atoms with Gasteiger partial charge in [0.25, 0.3) is 0 Å². The first-order valence-corrected chi connectivity index (χ1v) is 22.2. The minimum Gasteiger partial charge on any atom is -0.394 e. The van der Waals surface area contributed by atoms with Crippen LogP contribution in [0.5, 0.6) is 0 Å². The highest BCUT2D eigenvalue weighted by atomic mass is 16.7. The van der Waals surface area contributed by atoms with Gasteiger partial charge in [-0.1, -0.05) is 159 Å². The van der Waals surface area contributed by atoms with E-state index >= 15 is 0 Å². The molecule has 316 valence electrons. The molecule has 9 nitrogen and oxygen atoms in total. The van der Waals surface area contributed by atoms with E-state index in [4.69, 9.17) is 9.47 Å². The van der Waals surface area contributed by atoms with E-state index in [-0.39, 0.29) is 12.5 Å². The van der Waals surface area contributed by atoms with Gasteiger partial charge >= 0.3 is 0 Å². The summed E-state index contributed by atoms with van der Waals surface area (Å²) in [5.41, 5.74) is 0. The van der Waals surface area contributed by atoms with E-state index in [0.29, 0.717) is 6.42 Å². The van der Waals surface area contributed by atoms with Crippen molar-refractivity contribution in [2.45, 2.75) is 230 Å². The lowest BCUT2D eigenvalue weighted by molar-refractivity contribution is -0.302. The lowest BCUT2D eigenvalue weighted by atomic mass is 9.99. The van der Waals surface area contributed by atoms with Crippen LogP contribution in [0.4, 0.5) is 0 Å². The third-order valence-corrected chi connectivity index (χ3v) is 10.4. The number of unbranched alkanes of at least 4 members (excludes halogenated alkanes) is 22. The average Bonchev–Trinajstić information content (AvgIpc) is 3.17. The molecule has 1 rings (SSSR count). The molecule has 0 aliphatic carbocycles. The SMILES string of the molecule is CCCCCCC/C=C\CCCCCCCC(=O)NC(COC1OC(CO)C(O)C(O)C1O)C(O)/C=C/CC/C=C/CCCCCCCCCCCCC. The van der Waals surface area contributed by atoms with Gasteiger partial charge in [-0.2, -0.15) is 0 Å². The molecule has 1 fully saturated rings. The normalized spacial score (nSPS) is 21.8. The van der Waals surface area contributed by atoms with Crippen LogP contribution in [0.2, 0.25) is 0 Å². The van der Waals surface area contributed by atoms with Crippen LogP contribution in [0.1, 0.15) is 187 Å². The second kappa shape index (κ2) is 35.8. The lowest BCUT2D eigenvalue weighted by Gasteiger charge is -2.40. The number of carbonyl (C=O) groups is 1. The summed E-state index contributed by atoms with van der Waals surface area (Å²) in [4.78, 5) is 12.9. The second-order valence-corrected chi connectivity index (χ2v) is 15.5. The first-order valence-electron chi connectivity index (χ1n) is 22.2. The summed E-state index contributed by atoms with van der Waals surface area (Å²) in [7, 11) is 0. The Morgan fingerprint density at radius 1 is 0.611 bits per heavy atom. The number of hydrogen-bond acceptors (Lipinski definition) is 8. The molecule has 0 spiro atoms. The van der Waals surface area contributed by atoms with Gasteiger partial charge in [0.2, 0.25) is 5.91 Å². The van der Waals surface area contributed by atoms with Gasteiger partial charge in [-0.25, -0.2) is 0 Å². The number of hydrogen-bond donors (Lipinski definition) is 6. The third kappa shape index (κ3) is 26.3. The third-order valence-electron chi connectivity index (χ3n) is 10.4. The molecular formula is C45H83NO8. The van der Waals surface area contributed by atoms with Crippen LogP contribution in [0.15, 0.2) is 36.5 Å². The van der Waals surface area contributed by atoms with Gasteiger partial charge in [0, 0.05) is 6.42 Å². The Morgan fingerprint density at radius 2 is 1.06 bits per heavy atom. The summed E-state index contributed by atoms with van der Waals surface area (Å²) in [5, 5.41) is 54.1. The van der Waals surface area contributed by atoms with Crippen LogP contribution >= 0.6 is 0 Å². The molecule has 1 amide bonds. The number of ether oxygens (including phenoxy) is 2. The fourth-order valence-electron chi connectivity index (χ4n) is 6.81. The molecule has 9 heteroatoms. The summed E-state index contributed by atoms with van der Waals surface area (Å²) in [6, 6.07) is -0.823. The number of carbonyl (C=O) groups excluding carboxylic acids is 1. The highest BCUT2D eigenvalue weighted by molar-refractivity contribution is 5.76. The number of amides is 1. The summed E-state index contributed by atoms with van der Waals surface area (Å²) in [5.74, 6) is -0.197. The molecule has 1 aliphatic heterocycles. The maximum atomic E-state index is 12.9. The molecule has 54 heavy (non-hydrogen) atoms. The molecule has 1 heterocycles. The zero-order chi connectivity index (χ0) is 39.5. The van der Waals surface area contributed by atoms with Crippen LogP contribution in [0, 0.1) is 0 Å². The maximum Gasteiger partial charge on any atom is 0.220 e. The summed E-state index contributed by atoms with van der Waals surface area (Å²) in [6.45, 7) is 3.73. The Bertz CT molecular complexity index is 941. The van der Waals surface area contributed by atoms with Gasteiger partial charge in [0.1, 0.15) is 24.4 Å². The fourth-order valence-corrected chi connectivity index (χ4v) is 6.81. The standard InChI is InChI=1S/C45H83NO8/c1-3-5-7-9-11-13-15-17-19-20-21-22-24-26-28-30-32-34-39(48)38(37-53-45-44(52)43(51)42(50)40(36-47)54-45)46-41(49)35-33-31-29-27-25-23-18-16-14-12-10-8-6-4-2/h16,18,24,26,32,34,38-40,42-45,47-48,50-52H,3-15,17,19-23,25,27-31,33,35-37H2,1-2H3,(H,46,49)/b18-16-,26-24+,34-32+. The monoisotopic (exact) mass is 766 g/mol. The minimum absolute atomic E-state index is 0.197. The fraction of sp³-hybridized carbons (Fsp3) is 0.844. The summed E-state index contributed by atoms with van der Waals surface area (Å²) < 4.78 is 11.2. The van der Waals surface area contributed by atoms with Crippen molar-refractivity contribution in [3.8, 4) is 0 Å². The van der Waals surface area contributed by atoms with Crippen LogP contribution in [-0.2, 0) is 14.3 Å². The van der Waals surface area contributed by atoms with Crippen molar-refractivity contribution in [3.05, 3.63) is 36.5 Å². The molecule has 0 saturated carbocycles. The lowest BCUT2D eigenvalue weighted by Crippen LogP contribution is -2.60. The van der Waals surface area contributed by atoms with E-state index in [1.165, 1.54) is 109 Å². The molecule has 7 unspecified atom stereocenters. The molecule has 6 N–H and O–H groups in total. The number of nitrogens with one attached hydrogen (secondary N) is 1. The van der Waals surface area contributed by atoms with Crippen LogP contribution in [-0.4, -0.2) is 87.5 Å². The van der Waals surface area contributed by atoms with E-state index in [1.807, 2.05) is 6.08 Å². The van der Waals surface area contributed by atoms with Crippen molar-refractivity contribution in [2.75, 3.05) is 13.2 Å². The molecule has 0 bridgehead atoms. The van der Waals surface area contributed by atoms with Gasteiger partial charge in [-0.15, -0.1) is 0 Å². The molecule has 1 saturated heterocycles. The topological polar surface area (TPSA) is 149 Å². The maximum absolute atomic E-state index is 12.9. The number of aliphatic hydroxyl groups is 5. The minimum atomic E-state index is -1.57. The van der Waals surface area contributed by atoms with Gasteiger partial charge in [-0.05, 0) is 57.8 Å². The van der Waals surface area contributed by atoms with Gasteiger partial charge in [0.15, 0.2) is 6.29 Å². The largest absolute Gasteiger partial charge is 0.394 e. The summed E-state index contributed by atoms with van der Waals surface area (Å²) in [6.07, 6.45) is 36.1. The van der Waals surface area contributed by atoms with Crippen molar-refractivity contribution in [1.82, 2.24) is 5.32 Å². The number of rotatable bonds is 36. The number of allylic oxidation sites excluding steroid dienone is 5. The van der Waals surface area contributed by atoms with E-state index < -0.39 is 49.5 Å². The van der Waals surface area contributed by atoms with Crippen molar-refractivity contribution in [1.29, 1.82) is 0 Å². The molecule has 0 radical (unpaired) electrons. The van der Waals surface area contributed by atoms with E-state index in [2.05, 4.69) is 43.5 Å². The van der Waals surface area contributed by atoms with E-state index in [1.54, 1.807) is 6.08 Å². The molecule has 7 atom stereocenters. The van der Waals surface area contributed by atoms with Gasteiger partial charge in [0.05, 0.1) is 25.4 Å². The quantitative estimate of drug-likeness (QED) is 0.0274. The van der Waals surface area contributed by atoms with Crippen molar-refractivity contribution >= 4 is 5.91 Å². The first-order chi connectivity index (χ1) is 26.3. The Hall–Kier alpha value is -1.59. The van der Waals surface area contributed by atoms with Crippen molar-refractivity contribution < 1.29 is 39.8 Å². The Balaban J connectivity index is 2.42. The predicted octanol–water partition coefficient (Wildman–Crippen LogP) is 8.89. The van der Waals surface area contributed by atoms with E-state index in [0.717, 1.165) is 57.8 Å². The zero-order valence-electron chi connectivity index (χ0n) is 34.5. The molecular weight excluding hydrogens is 682 g/mol. The zero-order valence-corrected chi connectivity index (χ0v) is 34.5. The Kier molecular flexibility index (Phi) is 33.4. The van der Waals surface area contributed by atoms with Crippen LogP contribution < -0.4 is 5.32 Å². The molecule has 0 aromatic heterocycles. The smallest absolute Gasteiger partial charge is 0.220 e. The highest BCUT2D eigenvalue weighted by Gasteiger charge is 2.44. The van der Waals surface area contributed by atoms with Gasteiger partial charge in [-0.3, -0.25) is 4.79 Å². The molecule has 0 aromatic carbocycles. The highest BCUT2D eigenvalue weighted by Crippen LogP contribution is 2.22. The second-order valence-electron chi connectivity index (χ2n) is 15.5. The molecule has 0 aromatic rings. The average molecular weight is 766 g/mol. The number of aliphatic hydroxyl groups excluding tert-OH is 5. The van der Waals surface area contributed by atoms with Crippen molar-refractivity contribution in [2.24, 2.45) is 0 Å². The van der Waals surface area contributed by atoms with Crippen LogP contribution in [0.3, 0.4) is 0 Å². The predicted molar refractivity (Wildman–Crippen MR) is 221 cm³/mol. The Labute approximate surface area is 330 Å². The van der Waals surface area contributed by atoms with E-state index in [9.17, 15) is 30.3 Å². The van der Waals surface area contributed by atoms with Crippen LogP contribution in [0.25, 0.3) is 0 Å².